The van der Waals surface area contributed by atoms with E-state index in [-0.39, 0.29) is 23.3 Å². The standard InChI is InChI=1S/C24H29N9O4/c1-3-5-15-31(16-6-4-2)24-28-22(26-19-9-13-21(14-10-19)33(36)37)27-23(29-24)30-25-17-18-7-11-20(12-8-18)32(34)35/h7-14,17H,3-6,15-16H2,1-2H3,(H2,26,27,28,29,30)/b25-17-. The molecule has 0 bridgehead atoms. The van der Waals surface area contributed by atoms with Gasteiger partial charge in [-0.2, -0.15) is 20.1 Å². The number of rotatable bonds is 14. The zero-order valence-corrected chi connectivity index (χ0v) is 20.7. The summed E-state index contributed by atoms with van der Waals surface area (Å²) in [4.78, 5) is 36.5. The SMILES string of the molecule is CCCCN(CCCC)c1nc(N/N=C\c2ccc([N+](=O)[O-])cc2)nc(Nc2ccc([N+](=O)[O-])cc2)n1. The van der Waals surface area contributed by atoms with Crippen LogP contribution in [0, 0.1) is 20.2 Å². The highest BCUT2D eigenvalue weighted by Gasteiger charge is 2.14. The van der Waals surface area contributed by atoms with Gasteiger partial charge in [0, 0.05) is 43.0 Å². The minimum absolute atomic E-state index is 0.00608. The molecule has 0 fully saturated rings. The largest absolute Gasteiger partial charge is 0.341 e. The van der Waals surface area contributed by atoms with E-state index in [4.69, 9.17) is 0 Å². The number of hydrazone groups is 1. The Kier molecular flexibility index (Phi) is 9.76. The van der Waals surface area contributed by atoms with E-state index >= 15 is 0 Å². The summed E-state index contributed by atoms with van der Waals surface area (Å²) in [6, 6.07) is 11.9. The summed E-state index contributed by atoms with van der Waals surface area (Å²) >= 11 is 0. The maximum atomic E-state index is 11.0. The van der Waals surface area contributed by atoms with Gasteiger partial charge in [0.15, 0.2) is 0 Å². The van der Waals surface area contributed by atoms with Crippen LogP contribution >= 0.6 is 0 Å². The van der Waals surface area contributed by atoms with Gasteiger partial charge in [0.25, 0.3) is 11.4 Å². The van der Waals surface area contributed by atoms with Crippen molar-refractivity contribution in [1.29, 1.82) is 0 Å². The molecule has 13 heteroatoms. The summed E-state index contributed by atoms with van der Waals surface area (Å²) in [7, 11) is 0. The van der Waals surface area contributed by atoms with E-state index < -0.39 is 9.85 Å². The molecule has 37 heavy (non-hydrogen) atoms. The highest BCUT2D eigenvalue weighted by atomic mass is 16.6. The summed E-state index contributed by atoms with van der Waals surface area (Å²) in [5.74, 6) is 0.935. The number of nitrogens with one attached hydrogen (secondary N) is 2. The number of hydrogen-bond donors (Lipinski definition) is 2. The zero-order chi connectivity index (χ0) is 26.6. The van der Waals surface area contributed by atoms with Crippen LogP contribution in [0.5, 0.6) is 0 Å². The summed E-state index contributed by atoms with van der Waals surface area (Å²) in [5, 5.41) is 29.0. The van der Waals surface area contributed by atoms with Crippen LogP contribution in [0.25, 0.3) is 0 Å². The first-order valence-electron chi connectivity index (χ1n) is 12.0. The highest BCUT2D eigenvalue weighted by Crippen LogP contribution is 2.21. The summed E-state index contributed by atoms with van der Waals surface area (Å²) in [6.45, 7) is 5.80. The fraction of sp³-hybridized carbons (Fsp3) is 0.333. The van der Waals surface area contributed by atoms with Gasteiger partial charge in [-0.3, -0.25) is 20.2 Å². The van der Waals surface area contributed by atoms with Crippen LogP contribution in [0.2, 0.25) is 0 Å². The summed E-state index contributed by atoms with van der Waals surface area (Å²) in [6.07, 6.45) is 5.49. The fourth-order valence-corrected chi connectivity index (χ4v) is 3.26. The van der Waals surface area contributed by atoms with Crippen molar-refractivity contribution in [3.8, 4) is 0 Å². The second kappa shape index (κ2) is 13.4. The van der Waals surface area contributed by atoms with Crippen LogP contribution in [-0.4, -0.2) is 44.1 Å². The molecule has 0 aliphatic carbocycles. The Morgan fingerprint density at radius 1 is 0.838 bits per heavy atom. The van der Waals surface area contributed by atoms with Gasteiger partial charge in [-0.1, -0.05) is 26.7 Å². The second-order valence-electron chi connectivity index (χ2n) is 8.12. The number of nitro benzene ring substituents is 2. The van der Waals surface area contributed by atoms with E-state index in [0.717, 1.165) is 38.8 Å². The zero-order valence-electron chi connectivity index (χ0n) is 20.7. The van der Waals surface area contributed by atoms with Crippen LogP contribution < -0.4 is 15.6 Å². The van der Waals surface area contributed by atoms with Gasteiger partial charge in [-0.25, -0.2) is 5.43 Å². The molecule has 13 nitrogen and oxygen atoms in total. The Morgan fingerprint density at radius 2 is 1.38 bits per heavy atom. The molecule has 3 rings (SSSR count). The minimum Gasteiger partial charge on any atom is -0.341 e. The van der Waals surface area contributed by atoms with Gasteiger partial charge < -0.3 is 10.2 Å². The molecule has 1 heterocycles. The minimum atomic E-state index is -0.464. The quantitative estimate of drug-likeness (QED) is 0.166. The molecule has 0 spiro atoms. The van der Waals surface area contributed by atoms with Crippen LogP contribution in [-0.2, 0) is 0 Å². The second-order valence-corrected chi connectivity index (χ2v) is 8.12. The molecule has 0 unspecified atom stereocenters. The van der Waals surface area contributed by atoms with Crippen LogP contribution in [0.4, 0.5) is 34.9 Å². The number of non-ortho nitro benzene ring substituents is 2. The normalized spacial score (nSPS) is 10.9. The average molecular weight is 508 g/mol. The third-order valence-electron chi connectivity index (χ3n) is 5.29. The van der Waals surface area contributed by atoms with Crippen molar-refractivity contribution < 1.29 is 9.85 Å². The van der Waals surface area contributed by atoms with E-state index in [1.54, 1.807) is 24.3 Å². The predicted octanol–water partition coefficient (Wildman–Crippen LogP) is 5.28. The number of nitrogens with zero attached hydrogens (tertiary/aromatic N) is 7. The average Bonchev–Trinajstić information content (AvgIpc) is 2.89. The summed E-state index contributed by atoms with van der Waals surface area (Å²) in [5.41, 5.74) is 4.02. The maximum Gasteiger partial charge on any atom is 0.269 e. The number of hydrogen-bond acceptors (Lipinski definition) is 11. The first-order chi connectivity index (χ1) is 17.9. The van der Waals surface area contributed by atoms with Gasteiger partial charge in [-0.05, 0) is 42.7 Å². The monoisotopic (exact) mass is 507 g/mol. The van der Waals surface area contributed by atoms with Crippen molar-refractivity contribution in [2.24, 2.45) is 5.10 Å². The van der Waals surface area contributed by atoms with Gasteiger partial charge in [0.1, 0.15) is 0 Å². The van der Waals surface area contributed by atoms with Crippen LogP contribution in [0.3, 0.4) is 0 Å². The molecule has 3 aromatic rings. The van der Waals surface area contributed by atoms with Crippen molar-refractivity contribution in [2.75, 3.05) is 28.7 Å². The molecule has 0 radical (unpaired) electrons. The molecule has 0 amide bonds. The van der Waals surface area contributed by atoms with E-state index in [2.05, 4.69) is 49.5 Å². The lowest BCUT2D eigenvalue weighted by Gasteiger charge is -2.23. The van der Waals surface area contributed by atoms with Gasteiger partial charge in [0.05, 0.1) is 16.1 Å². The van der Waals surface area contributed by atoms with Crippen molar-refractivity contribution in [1.82, 2.24) is 15.0 Å². The van der Waals surface area contributed by atoms with E-state index in [1.165, 1.54) is 30.5 Å². The van der Waals surface area contributed by atoms with Crippen molar-refractivity contribution in [3.63, 3.8) is 0 Å². The smallest absolute Gasteiger partial charge is 0.269 e. The third kappa shape index (κ3) is 8.19. The topological polar surface area (TPSA) is 165 Å². The van der Waals surface area contributed by atoms with Crippen molar-refractivity contribution in [3.05, 3.63) is 74.3 Å². The molecular weight excluding hydrogens is 478 g/mol. The Morgan fingerprint density at radius 3 is 1.92 bits per heavy atom. The predicted molar refractivity (Wildman–Crippen MR) is 143 cm³/mol. The lowest BCUT2D eigenvalue weighted by Crippen LogP contribution is -2.28. The third-order valence-corrected chi connectivity index (χ3v) is 5.29. The number of aromatic nitrogens is 3. The molecule has 1 aromatic heterocycles. The Hall–Kier alpha value is -4.68. The van der Waals surface area contributed by atoms with Crippen LogP contribution in [0.1, 0.15) is 45.1 Å². The van der Waals surface area contributed by atoms with Gasteiger partial charge in [0.2, 0.25) is 17.8 Å². The number of benzene rings is 2. The lowest BCUT2D eigenvalue weighted by molar-refractivity contribution is -0.385. The van der Waals surface area contributed by atoms with E-state index in [1.807, 2.05) is 0 Å². The first kappa shape index (κ1) is 26.9. The lowest BCUT2D eigenvalue weighted by atomic mass is 10.2. The number of unbranched alkanes of at least 4 members (excludes halogenated alkanes) is 2. The number of nitro groups is 2. The molecular formula is C24H29N9O4. The van der Waals surface area contributed by atoms with Gasteiger partial charge in [-0.15, -0.1) is 0 Å². The fourth-order valence-electron chi connectivity index (χ4n) is 3.26. The van der Waals surface area contributed by atoms with Crippen molar-refractivity contribution >= 4 is 41.1 Å². The Balaban J connectivity index is 1.86. The molecule has 194 valence electrons. The molecule has 0 saturated carbocycles. The molecule has 0 atom stereocenters. The Labute approximate surface area is 214 Å². The summed E-state index contributed by atoms with van der Waals surface area (Å²) < 4.78 is 0. The van der Waals surface area contributed by atoms with E-state index in [0.29, 0.717) is 17.2 Å². The van der Waals surface area contributed by atoms with Crippen molar-refractivity contribution in [2.45, 2.75) is 39.5 Å². The Bertz CT molecular complexity index is 1210. The molecule has 2 N–H and O–H groups in total. The molecule has 2 aromatic carbocycles. The first-order valence-corrected chi connectivity index (χ1v) is 12.0. The van der Waals surface area contributed by atoms with Crippen LogP contribution in [0.15, 0.2) is 53.6 Å². The molecule has 0 saturated heterocycles. The van der Waals surface area contributed by atoms with E-state index in [9.17, 15) is 20.2 Å². The maximum absolute atomic E-state index is 11.0. The number of anilines is 4. The van der Waals surface area contributed by atoms with Gasteiger partial charge >= 0.3 is 0 Å². The molecule has 0 aliphatic rings. The molecule has 0 aliphatic heterocycles. The highest BCUT2D eigenvalue weighted by molar-refractivity contribution is 5.80.